The van der Waals surface area contributed by atoms with Gasteiger partial charge in [-0.3, -0.25) is 4.79 Å². The molecule has 1 heterocycles. The van der Waals surface area contributed by atoms with E-state index in [0.29, 0.717) is 19.5 Å². The standard InChI is InChI=1S/C10H16N2O2/c1-2-9(5-11)10(14)12-4-3-8(6-12)7-13/h8-9,13H,2-4,6-7H2,1H3. The smallest absolute Gasteiger partial charge is 0.239 e. The molecule has 78 valence electrons. The van der Waals surface area contributed by atoms with Crippen LogP contribution in [-0.2, 0) is 4.79 Å². The quantitative estimate of drug-likeness (QED) is 0.709. The maximum absolute atomic E-state index is 11.7. The minimum Gasteiger partial charge on any atom is -0.396 e. The van der Waals surface area contributed by atoms with Gasteiger partial charge in [-0.2, -0.15) is 5.26 Å². The molecule has 2 unspecified atom stereocenters. The number of aliphatic hydroxyl groups excluding tert-OH is 1. The van der Waals surface area contributed by atoms with Crippen molar-refractivity contribution in [2.24, 2.45) is 11.8 Å². The van der Waals surface area contributed by atoms with E-state index in [1.165, 1.54) is 0 Å². The number of amides is 1. The molecule has 0 aliphatic carbocycles. The molecule has 2 atom stereocenters. The van der Waals surface area contributed by atoms with Crippen LogP contribution in [0.3, 0.4) is 0 Å². The molecular formula is C10H16N2O2. The predicted octanol–water partition coefficient (Wildman–Crippen LogP) is 0.377. The molecule has 0 aromatic rings. The van der Waals surface area contributed by atoms with Gasteiger partial charge in [0.1, 0.15) is 5.92 Å². The number of aliphatic hydroxyl groups is 1. The van der Waals surface area contributed by atoms with Crippen molar-refractivity contribution in [3.8, 4) is 6.07 Å². The Balaban J connectivity index is 2.51. The van der Waals surface area contributed by atoms with Crippen LogP contribution in [0.1, 0.15) is 19.8 Å². The molecule has 1 saturated heterocycles. The molecule has 4 nitrogen and oxygen atoms in total. The van der Waals surface area contributed by atoms with E-state index in [0.717, 1.165) is 6.42 Å². The highest BCUT2D eigenvalue weighted by Crippen LogP contribution is 2.18. The van der Waals surface area contributed by atoms with Crippen LogP contribution in [0.15, 0.2) is 0 Å². The molecule has 0 aromatic carbocycles. The first-order valence-electron chi connectivity index (χ1n) is 5.02. The molecule has 1 fully saturated rings. The Hall–Kier alpha value is -1.08. The highest BCUT2D eigenvalue weighted by atomic mass is 16.3. The maximum Gasteiger partial charge on any atom is 0.239 e. The second-order valence-electron chi connectivity index (χ2n) is 3.71. The molecule has 0 radical (unpaired) electrons. The number of nitrogens with zero attached hydrogens (tertiary/aromatic N) is 2. The van der Waals surface area contributed by atoms with Crippen LogP contribution in [0, 0.1) is 23.2 Å². The first-order chi connectivity index (χ1) is 6.72. The summed E-state index contributed by atoms with van der Waals surface area (Å²) >= 11 is 0. The minimum absolute atomic E-state index is 0.0778. The largest absolute Gasteiger partial charge is 0.396 e. The molecule has 0 aromatic heterocycles. The lowest BCUT2D eigenvalue weighted by molar-refractivity contribution is -0.132. The van der Waals surface area contributed by atoms with Crippen molar-refractivity contribution in [3.63, 3.8) is 0 Å². The summed E-state index contributed by atoms with van der Waals surface area (Å²) in [6, 6.07) is 2.01. The number of hydrogen-bond acceptors (Lipinski definition) is 3. The lowest BCUT2D eigenvalue weighted by Crippen LogP contribution is -2.33. The fourth-order valence-corrected chi connectivity index (χ4v) is 1.72. The summed E-state index contributed by atoms with van der Waals surface area (Å²) in [6.07, 6.45) is 1.42. The van der Waals surface area contributed by atoms with Gasteiger partial charge in [-0.1, -0.05) is 6.92 Å². The van der Waals surface area contributed by atoms with Gasteiger partial charge >= 0.3 is 0 Å². The number of nitriles is 1. The zero-order chi connectivity index (χ0) is 10.6. The fourth-order valence-electron chi connectivity index (χ4n) is 1.72. The number of hydrogen-bond donors (Lipinski definition) is 1. The van der Waals surface area contributed by atoms with Crippen molar-refractivity contribution in [1.82, 2.24) is 4.90 Å². The molecule has 14 heavy (non-hydrogen) atoms. The van der Waals surface area contributed by atoms with Crippen LogP contribution in [0.2, 0.25) is 0 Å². The molecule has 1 aliphatic rings. The van der Waals surface area contributed by atoms with E-state index in [9.17, 15) is 4.79 Å². The van der Waals surface area contributed by atoms with Gasteiger partial charge in [-0.05, 0) is 12.8 Å². The number of carbonyl (C=O) groups excluding carboxylic acids is 1. The number of likely N-dealkylation sites (tertiary alicyclic amines) is 1. The third-order valence-electron chi connectivity index (χ3n) is 2.72. The molecule has 1 N–H and O–H groups in total. The van der Waals surface area contributed by atoms with Crippen LogP contribution in [0.4, 0.5) is 0 Å². The summed E-state index contributed by atoms with van der Waals surface area (Å²) in [5.41, 5.74) is 0. The third-order valence-corrected chi connectivity index (χ3v) is 2.72. The van der Waals surface area contributed by atoms with Crippen LogP contribution in [0.5, 0.6) is 0 Å². The highest BCUT2D eigenvalue weighted by Gasteiger charge is 2.29. The fraction of sp³-hybridized carbons (Fsp3) is 0.800. The monoisotopic (exact) mass is 196 g/mol. The zero-order valence-electron chi connectivity index (χ0n) is 8.44. The summed E-state index contributed by atoms with van der Waals surface area (Å²) in [7, 11) is 0. The average molecular weight is 196 g/mol. The topological polar surface area (TPSA) is 64.3 Å². The SMILES string of the molecule is CCC(C#N)C(=O)N1CCC(CO)C1. The summed E-state index contributed by atoms with van der Waals surface area (Å²) < 4.78 is 0. The summed E-state index contributed by atoms with van der Waals surface area (Å²) in [5, 5.41) is 17.6. The zero-order valence-corrected chi connectivity index (χ0v) is 8.44. The number of rotatable bonds is 3. The van der Waals surface area contributed by atoms with Crippen molar-refractivity contribution in [2.45, 2.75) is 19.8 Å². The normalized spacial score (nSPS) is 23.2. The molecule has 1 aliphatic heterocycles. The summed E-state index contributed by atoms with van der Waals surface area (Å²) in [6.45, 7) is 3.26. The summed E-state index contributed by atoms with van der Waals surface area (Å²) in [4.78, 5) is 13.4. The third kappa shape index (κ3) is 2.24. The minimum atomic E-state index is -0.507. The molecule has 1 amide bonds. The second kappa shape index (κ2) is 4.97. The Morgan fingerprint density at radius 1 is 1.79 bits per heavy atom. The van der Waals surface area contributed by atoms with Crippen molar-refractivity contribution >= 4 is 5.91 Å². The van der Waals surface area contributed by atoms with Gasteiger partial charge in [0, 0.05) is 25.6 Å². The number of carbonyl (C=O) groups is 1. The van der Waals surface area contributed by atoms with Gasteiger partial charge in [-0.25, -0.2) is 0 Å². The highest BCUT2D eigenvalue weighted by molar-refractivity contribution is 5.81. The molecule has 0 bridgehead atoms. The molecule has 1 rings (SSSR count). The average Bonchev–Trinajstić information content (AvgIpc) is 2.67. The Kier molecular flexibility index (Phi) is 3.90. The van der Waals surface area contributed by atoms with E-state index < -0.39 is 5.92 Å². The Bertz CT molecular complexity index is 247. The maximum atomic E-state index is 11.7. The van der Waals surface area contributed by atoms with Gasteiger partial charge in [0.25, 0.3) is 0 Å². The van der Waals surface area contributed by atoms with Gasteiger partial charge in [0.2, 0.25) is 5.91 Å². The molecule has 0 saturated carbocycles. The van der Waals surface area contributed by atoms with E-state index in [4.69, 9.17) is 10.4 Å². The van der Waals surface area contributed by atoms with Gasteiger partial charge in [0.15, 0.2) is 0 Å². The van der Waals surface area contributed by atoms with Crippen molar-refractivity contribution in [2.75, 3.05) is 19.7 Å². The van der Waals surface area contributed by atoms with Crippen LogP contribution in [-0.4, -0.2) is 35.6 Å². The van der Waals surface area contributed by atoms with Crippen molar-refractivity contribution in [1.29, 1.82) is 5.26 Å². The van der Waals surface area contributed by atoms with Gasteiger partial charge < -0.3 is 10.0 Å². The molecule has 4 heteroatoms. The van der Waals surface area contributed by atoms with E-state index in [2.05, 4.69) is 0 Å². The molecule has 0 spiro atoms. The van der Waals surface area contributed by atoms with E-state index in [1.807, 2.05) is 13.0 Å². The van der Waals surface area contributed by atoms with Crippen molar-refractivity contribution < 1.29 is 9.90 Å². The summed E-state index contributed by atoms with van der Waals surface area (Å²) in [5.74, 6) is -0.381. The lowest BCUT2D eigenvalue weighted by atomic mass is 10.1. The lowest BCUT2D eigenvalue weighted by Gasteiger charge is -2.18. The van der Waals surface area contributed by atoms with E-state index >= 15 is 0 Å². The van der Waals surface area contributed by atoms with Crippen LogP contribution >= 0.6 is 0 Å². The Morgan fingerprint density at radius 3 is 2.93 bits per heavy atom. The van der Waals surface area contributed by atoms with E-state index in [1.54, 1.807) is 4.90 Å². The predicted molar refractivity (Wildman–Crippen MR) is 51.2 cm³/mol. The Labute approximate surface area is 84.1 Å². The Morgan fingerprint density at radius 2 is 2.50 bits per heavy atom. The van der Waals surface area contributed by atoms with E-state index in [-0.39, 0.29) is 18.4 Å². The van der Waals surface area contributed by atoms with Crippen LogP contribution in [0.25, 0.3) is 0 Å². The van der Waals surface area contributed by atoms with Gasteiger partial charge in [-0.15, -0.1) is 0 Å². The van der Waals surface area contributed by atoms with Crippen molar-refractivity contribution in [3.05, 3.63) is 0 Å². The first kappa shape index (κ1) is 11.0. The van der Waals surface area contributed by atoms with Gasteiger partial charge in [0.05, 0.1) is 6.07 Å². The van der Waals surface area contributed by atoms with Crippen LogP contribution < -0.4 is 0 Å². The first-order valence-corrected chi connectivity index (χ1v) is 5.02. The molecular weight excluding hydrogens is 180 g/mol. The second-order valence-corrected chi connectivity index (χ2v) is 3.71.